The number of nitrogens with zero attached hydrogens (tertiary/aromatic N) is 4. The number of hydrogen-bond donors (Lipinski definition) is 0. The monoisotopic (exact) mass is 884 g/mol. The van der Waals surface area contributed by atoms with Crippen molar-refractivity contribution in [2.75, 3.05) is 0 Å². The number of benzene rings is 10. The van der Waals surface area contributed by atoms with E-state index in [0.29, 0.717) is 12.3 Å². The topological polar surface area (TPSA) is 60.9 Å². The quantitative estimate of drug-likeness (QED) is 0.177. The normalized spacial score (nSPS) is 15.6. The number of para-hydroxylation sites is 6. The zero-order valence-corrected chi connectivity index (χ0v) is 37.5. The molecule has 1 aliphatic heterocycles. The van der Waals surface area contributed by atoms with E-state index in [1.807, 2.05) is 12.1 Å². The number of fused-ring (bicyclic) bond motifs is 15. The lowest BCUT2D eigenvalue weighted by Gasteiger charge is -2.23. The number of rotatable bonds is 3. The Bertz CT molecular complexity index is 4560. The van der Waals surface area contributed by atoms with E-state index < -0.39 is 0 Å². The Labute approximate surface area is 394 Å². The average molecular weight is 885 g/mol. The first kappa shape index (κ1) is 38.1. The molecule has 4 aromatic heterocycles. The van der Waals surface area contributed by atoms with Gasteiger partial charge in [-0.25, -0.2) is 9.98 Å². The van der Waals surface area contributed by atoms with Gasteiger partial charge in [0, 0.05) is 54.6 Å². The molecule has 69 heavy (non-hydrogen) atoms. The van der Waals surface area contributed by atoms with Crippen LogP contribution in [0, 0.1) is 5.92 Å². The maximum Gasteiger partial charge on any atom is 0.165 e. The fourth-order valence-electron chi connectivity index (χ4n) is 11.4. The van der Waals surface area contributed by atoms with Crippen molar-refractivity contribution in [3.05, 3.63) is 217 Å². The SMILES string of the molecule is CC1C/C=C(\c2c(-n3c4ccccc4c4cc5ccccc5cc43)c3c4ccccc4oc3c3ccccc23)N=C(c2cccc3c2oc2ccccc23)N=C1n1c2ccccc2c2ccccc21. The maximum atomic E-state index is 6.99. The third-order valence-electron chi connectivity index (χ3n) is 14.5. The van der Waals surface area contributed by atoms with Crippen LogP contribution in [0.1, 0.15) is 24.5 Å². The minimum Gasteiger partial charge on any atom is -0.455 e. The average Bonchev–Trinajstić information content (AvgIpc) is 4.15. The second kappa shape index (κ2) is 14.5. The number of furan rings is 2. The molecule has 14 aromatic rings. The number of amidine groups is 1. The van der Waals surface area contributed by atoms with Gasteiger partial charge in [0.2, 0.25) is 0 Å². The molecule has 324 valence electrons. The van der Waals surface area contributed by atoms with Crippen molar-refractivity contribution in [2.45, 2.75) is 13.3 Å². The van der Waals surface area contributed by atoms with Crippen molar-refractivity contribution in [3.63, 3.8) is 0 Å². The largest absolute Gasteiger partial charge is 0.455 e. The Balaban J connectivity index is 1.11. The van der Waals surface area contributed by atoms with E-state index in [0.717, 1.165) is 105 Å². The van der Waals surface area contributed by atoms with E-state index in [4.69, 9.17) is 18.8 Å². The molecule has 0 radical (unpaired) electrons. The Kier molecular flexibility index (Phi) is 8.01. The highest BCUT2D eigenvalue weighted by Crippen LogP contribution is 2.48. The van der Waals surface area contributed by atoms with Gasteiger partial charge >= 0.3 is 0 Å². The molecule has 15 rings (SSSR count). The number of aromatic nitrogens is 2. The summed E-state index contributed by atoms with van der Waals surface area (Å²) in [7, 11) is 0. The third-order valence-corrected chi connectivity index (χ3v) is 14.5. The fourth-order valence-corrected chi connectivity index (χ4v) is 11.4. The van der Waals surface area contributed by atoms with E-state index in [1.165, 1.54) is 32.3 Å². The summed E-state index contributed by atoms with van der Waals surface area (Å²) >= 11 is 0. The predicted octanol–water partition coefficient (Wildman–Crippen LogP) is 16.8. The first-order chi connectivity index (χ1) is 34.2. The van der Waals surface area contributed by atoms with Crippen LogP contribution in [0.25, 0.3) is 120 Å². The van der Waals surface area contributed by atoms with Crippen molar-refractivity contribution in [1.29, 1.82) is 0 Å². The van der Waals surface area contributed by atoms with Crippen molar-refractivity contribution >= 4 is 126 Å². The summed E-state index contributed by atoms with van der Waals surface area (Å²) in [6.45, 7) is 2.30. The molecule has 0 bridgehead atoms. The standard InChI is InChI=1S/C63H40N4O2/c1-37-33-34-50(64-62(48-27-16-26-45-43-22-9-14-31-55(43)68-60(45)48)65-63(37)67-52-29-12-6-19-40(52)41-20-7-13-30-53(41)67)57-44-23-4-5-24-46(44)61-58(47-25-10-15-32-56(47)69-61)59(57)66-51-28-11-8-21-42(51)49-35-38-17-2-3-18-39(38)36-54(49)66/h2-32,34-37H,33H2,1H3/b50-34+,64-62?,65-63?. The summed E-state index contributed by atoms with van der Waals surface area (Å²) in [6, 6.07) is 71.2. The molecule has 6 nitrogen and oxygen atoms in total. The fraction of sp³-hybridized carbons (Fsp3) is 0.0476. The first-order valence-electron chi connectivity index (χ1n) is 23.7. The van der Waals surface area contributed by atoms with Crippen molar-refractivity contribution in [1.82, 2.24) is 9.13 Å². The highest BCUT2D eigenvalue weighted by atomic mass is 16.3. The minimum atomic E-state index is -0.0348. The number of allylic oxidation sites excluding steroid dienone is 1. The summed E-state index contributed by atoms with van der Waals surface area (Å²) in [5, 5.41) is 13.4. The third kappa shape index (κ3) is 5.48. The predicted molar refractivity (Wildman–Crippen MR) is 287 cm³/mol. The van der Waals surface area contributed by atoms with Gasteiger partial charge in [-0.3, -0.25) is 4.57 Å². The molecule has 0 saturated carbocycles. The van der Waals surface area contributed by atoms with Gasteiger partial charge in [-0.1, -0.05) is 165 Å². The molecule has 10 aromatic carbocycles. The van der Waals surface area contributed by atoms with Gasteiger partial charge in [-0.15, -0.1) is 0 Å². The molecule has 0 aliphatic carbocycles. The van der Waals surface area contributed by atoms with E-state index in [1.54, 1.807) is 0 Å². The zero-order valence-electron chi connectivity index (χ0n) is 37.5. The van der Waals surface area contributed by atoms with Crippen molar-refractivity contribution < 1.29 is 8.83 Å². The second-order valence-corrected chi connectivity index (χ2v) is 18.4. The Morgan fingerprint density at radius 2 is 0.957 bits per heavy atom. The van der Waals surface area contributed by atoms with E-state index >= 15 is 0 Å². The molecule has 0 saturated heterocycles. The lowest BCUT2D eigenvalue weighted by Crippen LogP contribution is -2.23. The van der Waals surface area contributed by atoms with E-state index in [-0.39, 0.29) is 5.92 Å². The molecule has 0 amide bonds. The molecular weight excluding hydrogens is 845 g/mol. The van der Waals surface area contributed by atoms with Crippen LogP contribution in [0.15, 0.2) is 225 Å². The highest BCUT2D eigenvalue weighted by molar-refractivity contribution is 6.26. The van der Waals surface area contributed by atoms with Crippen LogP contribution >= 0.6 is 0 Å². The highest BCUT2D eigenvalue weighted by Gasteiger charge is 2.29. The van der Waals surface area contributed by atoms with Gasteiger partial charge in [-0.2, -0.15) is 0 Å². The molecule has 1 unspecified atom stereocenters. The molecule has 6 heteroatoms. The summed E-state index contributed by atoms with van der Waals surface area (Å²) in [6.07, 6.45) is 3.03. The molecule has 5 heterocycles. The lowest BCUT2D eigenvalue weighted by atomic mass is 9.93. The van der Waals surface area contributed by atoms with Crippen molar-refractivity contribution in [2.24, 2.45) is 15.9 Å². The van der Waals surface area contributed by atoms with Gasteiger partial charge in [0.1, 0.15) is 28.2 Å². The Morgan fingerprint density at radius 3 is 1.68 bits per heavy atom. The van der Waals surface area contributed by atoms with Crippen LogP contribution < -0.4 is 0 Å². The van der Waals surface area contributed by atoms with Gasteiger partial charge < -0.3 is 13.4 Å². The Hall–Kier alpha value is -9.00. The second-order valence-electron chi connectivity index (χ2n) is 18.4. The molecule has 0 fully saturated rings. The smallest absolute Gasteiger partial charge is 0.165 e. The first-order valence-corrected chi connectivity index (χ1v) is 23.7. The van der Waals surface area contributed by atoms with Crippen LogP contribution in [0.2, 0.25) is 0 Å². The molecule has 1 atom stereocenters. The van der Waals surface area contributed by atoms with Gasteiger partial charge in [0.15, 0.2) is 5.84 Å². The van der Waals surface area contributed by atoms with Gasteiger partial charge in [0.25, 0.3) is 0 Å². The zero-order chi connectivity index (χ0) is 45.3. The Morgan fingerprint density at radius 1 is 0.435 bits per heavy atom. The van der Waals surface area contributed by atoms with Crippen molar-refractivity contribution in [3.8, 4) is 5.69 Å². The summed E-state index contributed by atoms with van der Waals surface area (Å²) in [5.41, 5.74) is 11.4. The molecule has 0 N–H and O–H groups in total. The van der Waals surface area contributed by atoms with E-state index in [2.05, 4.69) is 210 Å². The van der Waals surface area contributed by atoms with E-state index in [9.17, 15) is 0 Å². The lowest BCUT2D eigenvalue weighted by molar-refractivity contribution is 0.668. The summed E-state index contributed by atoms with van der Waals surface area (Å²) < 4.78 is 18.7. The minimum absolute atomic E-state index is 0.0348. The molecule has 1 aliphatic rings. The van der Waals surface area contributed by atoms with Gasteiger partial charge in [-0.05, 0) is 71.1 Å². The number of aliphatic imine (C=N–C) groups is 2. The van der Waals surface area contributed by atoms with Crippen LogP contribution in [0.5, 0.6) is 0 Å². The van der Waals surface area contributed by atoms with Gasteiger partial charge in [0.05, 0.1) is 44.4 Å². The molecular formula is C63H40N4O2. The number of hydrogen-bond acceptors (Lipinski definition) is 4. The van der Waals surface area contributed by atoms with Crippen LogP contribution in [-0.2, 0) is 0 Å². The molecule has 0 spiro atoms. The maximum absolute atomic E-state index is 6.99. The van der Waals surface area contributed by atoms with Crippen LogP contribution in [-0.4, -0.2) is 20.8 Å². The summed E-state index contributed by atoms with van der Waals surface area (Å²) in [4.78, 5) is 11.8. The van der Waals surface area contributed by atoms with Crippen LogP contribution in [0.3, 0.4) is 0 Å². The van der Waals surface area contributed by atoms with Crippen LogP contribution in [0.4, 0.5) is 0 Å². The summed E-state index contributed by atoms with van der Waals surface area (Å²) in [5.74, 6) is 1.47.